The topological polar surface area (TPSA) is 29.5 Å². The average Bonchev–Trinajstić information content (AvgIpc) is 3.74. The van der Waals surface area contributed by atoms with E-state index in [0.29, 0.717) is 0 Å². The molecule has 3 heteroatoms. The van der Waals surface area contributed by atoms with Gasteiger partial charge in [0.2, 0.25) is 0 Å². The van der Waals surface area contributed by atoms with Crippen molar-refractivity contribution in [3.05, 3.63) is 176 Å². The Labute approximate surface area is 282 Å². The van der Waals surface area contributed by atoms with E-state index < -0.39 is 0 Å². The average molecular weight is 628 g/mol. The molecule has 0 fully saturated rings. The Morgan fingerprint density at radius 2 is 0.980 bits per heavy atom. The van der Waals surface area contributed by atoms with Crippen molar-refractivity contribution in [3.63, 3.8) is 0 Å². The van der Waals surface area contributed by atoms with Crippen LogP contribution < -0.4 is 4.90 Å². The minimum absolute atomic E-state index is 0.862. The van der Waals surface area contributed by atoms with Crippen molar-refractivity contribution >= 4 is 71.7 Å². The summed E-state index contributed by atoms with van der Waals surface area (Å²) in [5.74, 6) is 0. The highest BCUT2D eigenvalue weighted by molar-refractivity contribution is 6.10. The van der Waals surface area contributed by atoms with Gasteiger partial charge in [-0.3, -0.25) is 0 Å². The number of rotatable bonds is 5. The maximum absolute atomic E-state index is 6.59. The lowest BCUT2D eigenvalue weighted by Crippen LogP contribution is -2.10. The lowest BCUT2D eigenvalue weighted by molar-refractivity contribution is 0.668. The predicted molar refractivity (Wildman–Crippen MR) is 204 cm³/mol. The van der Waals surface area contributed by atoms with Crippen LogP contribution >= 0.6 is 0 Å². The first-order chi connectivity index (χ1) is 24.3. The molecule has 2 aromatic heterocycles. The Kier molecular flexibility index (Phi) is 6.18. The van der Waals surface area contributed by atoms with Crippen molar-refractivity contribution in [2.75, 3.05) is 4.90 Å². The van der Waals surface area contributed by atoms with Crippen LogP contribution in [0, 0.1) is 0 Å². The molecule has 10 rings (SSSR count). The summed E-state index contributed by atoms with van der Waals surface area (Å²) in [6.45, 7) is 0. The molecule has 8 aromatic carbocycles. The first-order valence-electron chi connectivity index (χ1n) is 16.6. The molecule has 49 heavy (non-hydrogen) atoms. The smallest absolute Gasteiger partial charge is 0.159 e. The zero-order valence-electron chi connectivity index (χ0n) is 26.5. The standard InChI is InChI=1S/C46H29NO2/c1-2-14-36-31(10-1)11-8-17-37(36)33-12-7-13-35(28-33)47(42-19-9-18-40-38-15-3-6-21-44(38)49-46(40)42)34-25-22-30(23-26-34)32-24-27-45-41(29-32)39-16-4-5-20-43(39)48-45/h1-29H. The Hall–Kier alpha value is -6.58. The van der Waals surface area contributed by atoms with Crippen LogP contribution in [0.15, 0.2) is 185 Å². The quantitative estimate of drug-likeness (QED) is 0.190. The van der Waals surface area contributed by atoms with Crippen LogP contribution in [0.2, 0.25) is 0 Å². The van der Waals surface area contributed by atoms with Gasteiger partial charge in [0.25, 0.3) is 0 Å². The molecule has 0 atom stereocenters. The van der Waals surface area contributed by atoms with Gasteiger partial charge in [0, 0.05) is 32.9 Å². The summed E-state index contributed by atoms with van der Waals surface area (Å²) in [7, 11) is 0. The monoisotopic (exact) mass is 627 g/mol. The highest BCUT2D eigenvalue weighted by Gasteiger charge is 2.20. The Morgan fingerprint density at radius 3 is 1.84 bits per heavy atom. The minimum atomic E-state index is 0.862. The number of fused-ring (bicyclic) bond motifs is 7. The number of benzene rings is 8. The Morgan fingerprint density at radius 1 is 0.347 bits per heavy atom. The number of hydrogen-bond donors (Lipinski definition) is 0. The zero-order valence-corrected chi connectivity index (χ0v) is 26.5. The van der Waals surface area contributed by atoms with Crippen molar-refractivity contribution in [2.24, 2.45) is 0 Å². The largest absolute Gasteiger partial charge is 0.456 e. The first kappa shape index (κ1) is 27.5. The van der Waals surface area contributed by atoms with E-state index in [1.54, 1.807) is 0 Å². The molecule has 0 bridgehead atoms. The molecule has 2 heterocycles. The van der Waals surface area contributed by atoms with Gasteiger partial charge < -0.3 is 13.7 Å². The van der Waals surface area contributed by atoms with E-state index in [1.807, 2.05) is 24.3 Å². The third kappa shape index (κ3) is 4.51. The highest BCUT2D eigenvalue weighted by atomic mass is 16.3. The second-order valence-corrected chi connectivity index (χ2v) is 12.5. The van der Waals surface area contributed by atoms with E-state index in [0.717, 1.165) is 77.6 Å². The van der Waals surface area contributed by atoms with Crippen molar-refractivity contribution in [1.82, 2.24) is 0 Å². The minimum Gasteiger partial charge on any atom is -0.456 e. The number of furan rings is 2. The van der Waals surface area contributed by atoms with Crippen LogP contribution in [-0.4, -0.2) is 0 Å². The number of para-hydroxylation sites is 3. The molecule has 0 aliphatic heterocycles. The second-order valence-electron chi connectivity index (χ2n) is 12.5. The van der Waals surface area contributed by atoms with E-state index in [4.69, 9.17) is 8.83 Å². The Balaban J connectivity index is 1.14. The molecular weight excluding hydrogens is 599 g/mol. The summed E-state index contributed by atoms with van der Waals surface area (Å²) in [4.78, 5) is 2.32. The maximum Gasteiger partial charge on any atom is 0.159 e. The first-order valence-corrected chi connectivity index (χ1v) is 16.6. The number of anilines is 3. The molecule has 0 aliphatic rings. The van der Waals surface area contributed by atoms with E-state index in [-0.39, 0.29) is 0 Å². The number of nitrogens with zero attached hydrogens (tertiary/aromatic N) is 1. The molecule has 0 unspecified atom stereocenters. The molecule has 0 amide bonds. The molecule has 230 valence electrons. The van der Waals surface area contributed by atoms with Gasteiger partial charge in [0.1, 0.15) is 16.7 Å². The van der Waals surface area contributed by atoms with Crippen LogP contribution in [0.5, 0.6) is 0 Å². The fraction of sp³-hybridized carbons (Fsp3) is 0. The van der Waals surface area contributed by atoms with Gasteiger partial charge in [-0.25, -0.2) is 0 Å². The van der Waals surface area contributed by atoms with E-state index in [2.05, 4.69) is 157 Å². The van der Waals surface area contributed by atoms with Crippen LogP contribution in [0.4, 0.5) is 17.1 Å². The van der Waals surface area contributed by atoms with Crippen molar-refractivity contribution < 1.29 is 8.83 Å². The summed E-state index contributed by atoms with van der Waals surface area (Å²) >= 11 is 0. The van der Waals surface area contributed by atoms with Crippen LogP contribution in [0.1, 0.15) is 0 Å². The molecule has 10 aromatic rings. The predicted octanol–water partition coefficient (Wildman–Crippen LogP) is 13.4. The van der Waals surface area contributed by atoms with Crippen LogP contribution in [0.25, 0.3) is 76.9 Å². The maximum atomic E-state index is 6.59. The zero-order chi connectivity index (χ0) is 32.3. The third-order valence-electron chi connectivity index (χ3n) is 9.66. The molecule has 0 saturated carbocycles. The van der Waals surface area contributed by atoms with Gasteiger partial charge in [-0.1, -0.05) is 121 Å². The van der Waals surface area contributed by atoms with E-state index >= 15 is 0 Å². The molecule has 0 saturated heterocycles. The van der Waals surface area contributed by atoms with Crippen molar-refractivity contribution in [3.8, 4) is 22.3 Å². The Bertz CT molecular complexity index is 2830. The van der Waals surface area contributed by atoms with Gasteiger partial charge in [0.05, 0.1) is 5.69 Å². The van der Waals surface area contributed by atoms with Gasteiger partial charge >= 0.3 is 0 Å². The van der Waals surface area contributed by atoms with Crippen LogP contribution in [-0.2, 0) is 0 Å². The molecule has 0 radical (unpaired) electrons. The van der Waals surface area contributed by atoms with Gasteiger partial charge in [-0.05, 0) is 87.6 Å². The van der Waals surface area contributed by atoms with Crippen molar-refractivity contribution in [2.45, 2.75) is 0 Å². The van der Waals surface area contributed by atoms with E-state index in [1.165, 1.54) is 16.3 Å². The summed E-state index contributed by atoms with van der Waals surface area (Å²) in [6.07, 6.45) is 0. The van der Waals surface area contributed by atoms with Crippen molar-refractivity contribution in [1.29, 1.82) is 0 Å². The SMILES string of the molecule is c1cc(-c2cccc3ccccc23)cc(N(c2ccc(-c3ccc4oc5ccccc5c4c3)cc2)c2cccc3c2oc2ccccc23)c1. The highest BCUT2D eigenvalue weighted by Crippen LogP contribution is 2.44. The number of hydrogen-bond acceptors (Lipinski definition) is 3. The summed E-state index contributed by atoms with van der Waals surface area (Å²) in [5.41, 5.74) is 11.3. The summed E-state index contributed by atoms with van der Waals surface area (Å²) in [6, 6.07) is 62.1. The van der Waals surface area contributed by atoms with E-state index in [9.17, 15) is 0 Å². The molecular formula is C46H29NO2. The summed E-state index contributed by atoms with van der Waals surface area (Å²) in [5, 5.41) is 6.93. The molecule has 0 aliphatic carbocycles. The van der Waals surface area contributed by atoms with Gasteiger partial charge in [0.15, 0.2) is 5.58 Å². The molecule has 3 nitrogen and oxygen atoms in total. The fourth-order valence-electron chi connectivity index (χ4n) is 7.33. The van der Waals surface area contributed by atoms with Crippen LogP contribution in [0.3, 0.4) is 0 Å². The second kappa shape index (κ2) is 11.0. The fourth-order valence-corrected chi connectivity index (χ4v) is 7.33. The van der Waals surface area contributed by atoms with Gasteiger partial charge in [-0.15, -0.1) is 0 Å². The normalized spacial score (nSPS) is 11.7. The summed E-state index contributed by atoms with van der Waals surface area (Å²) < 4.78 is 12.7. The molecule has 0 spiro atoms. The third-order valence-corrected chi connectivity index (χ3v) is 9.66. The lowest BCUT2D eigenvalue weighted by atomic mass is 9.97. The lowest BCUT2D eigenvalue weighted by Gasteiger charge is -2.26. The molecule has 0 N–H and O–H groups in total. The van der Waals surface area contributed by atoms with Gasteiger partial charge in [-0.2, -0.15) is 0 Å².